The highest BCUT2D eigenvalue weighted by atomic mass is 16.5. The van der Waals surface area contributed by atoms with Crippen molar-refractivity contribution in [2.45, 2.75) is 38.4 Å². The lowest BCUT2D eigenvalue weighted by atomic mass is 10.1. The molecule has 1 saturated heterocycles. The van der Waals surface area contributed by atoms with E-state index in [0.717, 1.165) is 43.0 Å². The summed E-state index contributed by atoms with van der Waals surface area (Å²) < 4.78 is 11.6. The lowest BCUT2D eigenvalue weighted by Crippen LogP contribution is -2.38. The van der Waals surface area contributed by atoms with Gasteiger partial charge in [0.05, 0.1) is 13.2 Å². The van der Waals surface area contributed by atoms with Gasteiger partial charge < -0.3 is 19.5 Å². The van der Waals surface area contributed by atoms with Crippen molar-refractivity contribution in [2.24, 2.45) is 0 Å². The summed E-state index contributed by atoms with van der Waals surface area (Å²) in [7, 11) is 3.78. The molecule has 1 aromatic rings. The van der Waals surface area contributed by atoms with Crippen LogP contribution in [-0.2, 0) is 6.42 Å². The van der Waals surface area contributed by atoms with Gasteiger partial charge >= 0.3 is 0 Å². The van der Waals surface area contributed by atoms with E-state index in [9.17, 15) is 5.11 Å². The highest BCUT2D eigenvalue weighted by molar-refractivity contribution is 5.47. The van der Waals surface area contributed by atoms with E-state index in [2.05, 4.69) is 11.9 Å². The van der Waals surface area contributed by atoms with Crippen molar-refractivity contribution in [1.82, 2.24) is 4.90 Å². The van der Waals surface area contributed by atoms with Crippen molar-refractivity contribution in [3.8, 4) is 11.5 Å². The van der Waals surface area contributed by atoms with Crippen LogP contribution in [-0.4, -0.2) is 49.5 Å². The van der Waals surface area contributed by atoms with Crippen molar-refractivity contribution in [3.63, 3.8) is 0 Å². The van der Waals surface area contributed by atoms with Crippen LogP contribution in [0.25, 0.3) is 0 Å². The largest absolute Gasteiger partial charge is 0.493 e. The summed E-state index contributed by atoms with van der Waals surface area (Å²) in [5.74, 6) is 1.53. The smallest absolute Gasteiger partial charge is 0.164 e. The molecule has 2 unspecified atom stereocenters. The summed E-state index contributed by atoms with van der Waals surface area (Å²) in [6, 6.07) is 5.88. The van der Waals surface area contributed by atoms with Crippen molar-refractivity contribution in [1.29, 1.82) is 0 Å². The van der Waals surface area contributed by atoms with Crippen LogP contribution >= 0.6 is 0 Å². The predicted octanol–water partition coefficient (Wildman–Crippen LogP) is 2.09. The number of methoxy groups -OCH3 is 1. The van der Waals surface area contributed by atoms with Gasteiger partial charge in [-0.1, -0.05) is 12.1 Å². The van der Waals surface area contributed by atoms with Crippen LogP contribution in [0, 0.1) is 0 Å². The molecule has 0 spiro atoms. The van der Waals surface area contributed by atoms with Crippen molar-refractivity contribution in [2.75, 3.05) is 27.2 Å². The number of ether oxygens (including phenoxy) is 2. The molecule has 0 radical (unpaired) electrons. The zero-order chi connectivity index (χ0) is 14.5. The molecule has 1 aromatic carbocycles. The molecule has 0 saturated carbocycles. The van der Waals surface area contributed by atoms with Gasteiger partial charge in [-0.05, 0) is 39.4 Å². The van der Waals surface area contributed by atoms with Gasteiger partial charge in [0.25, 0.3) is 0 Å². The van der Waals surface area contributed by atoms with Gasteiger partial charge in [-0.15, -0.1) is 0 Å². The fourth-order valence-corrected chi connectivity index (χ4v) is 2.76. The van der Waals surface area contributed by atoms with Gasteiger partial charge in [0.2, 0.25) is 0 Å². The van der Waals surface area contributed by atoms with Crippen molar-refractivity contribution in [3.05, 3.63) is 23.8 Å². The van der Waals surface area contributed by atoms with Crippen LogP contribution in [0.3, 0.4) is 0 Å². The second kappa shape index (κ2) is 6.95. The monoisotopic (exact) mass is 279 g/mol. The second-order valence-corrected chi connectivity index (χ2v) is 5.65. The topological polar surface area (TPSA) is 41.9 Å². The SMILES string of the molecule is COc1c(CC(C)O)cccc1OC1CCCN(C)C1. The maximum atomic E-state index is 9.57. The zero-order valence-electron chi connectivity index (χ0n) is 12.6. The number of hydrogen-bond donors (Lipinski definition) is 1. The van der Waals surface area contributed by atoms with Crippen LogP contribution < -0.4 is 9.47 Å². The Bertz CT molecular complexity index is 434. The Balaban J connectivity index is 2.14. The summed E-state index contributed by atoms with van der Waals surface area (Å²) in [6.07, 6.45) is 2.64. The summed E-state index contributed by atoms with van der Waals surface area (Å²) in [4.78, 5) is 2.29. The molecule has 2 rings (SSSR count). The van der Waals surface area contributed by atoms with E-state index < -0.39 is 0 Å². The lowest BCUT2D eigenvalue weighted by Gasteiger charge is -2.30. The first-order chi connectivity index (χ1) is 9.60. The van der Waals surface area contributed by atoms with Gasteiger partial charge in [0.1, 0.15) is 6.10 Å². The average molecular weight is 279 g/mol. The predicted molar refractivity (Wildman–Crippen MR) is 79.5 cm³/mol. The van der Waals surface area contributed by atoms with Gasteiger partial charge in [-0.2, -0.15) is 0 Å². The molecule has 0 aliphatic carbocycles. The molecule has 1 N–H and O–H groups in total. The van der Waals surface area contributed by atoms with Gasteiger partial charge in [-0.3, -0.25) is 0 Å². The number of para-hydroxylation sites is 1. The maximum Gasteiger partial charge on any atom is 0.164 e. The third-order valence-electron chi connectivity index (χ3n) is 3.65. The molecular formula is C16H25NO3. The molecular weight excluding hydrogens is 254 g/mol. The van der Waals surface area contributed by atoms with Crippen LogP contribution in [0.15, 0.2) is 18.2 Å². The average Bonchev–Trinajstić information content (AvgIpc) is 2.38. The van der Waals surface area contributed by atoms with E-state index in [1.165, 1.54) is 0 Å². The van der Waals surface area contributed by atoms with E-state index in [1.807, 2.05) is 18.2 Å². The standard InChI is InChI=1S/C16H25NO3/c1-12(18)10-13-6-4-8-15(16(13)19-3)20-14-7-5-9-17(2)11-14/h4,6,8,12,14,18H,5,7,9-11H2,1-3H3. The Labute approximate surface area is 121 Å². The molecule has 1 fully saturated rings. The highest BCUT2D eigenvalue weighted by Crippen LogP contribution is 2.33. The number of likely N-dealkylation sites (N-methyl/N-ethyl adjacent to an activating group) is 1. The van der Waals surface area contributed by atoms with E-state index >= 15 is 0 Å². The Morgan fingerprint density at radius 1 is 1.45 bits per heavy atom. The number of nitrogens with zero attached hydrogens (tertiary/aromatic N) is 1. The first-order valence-electron chi connectivity index (χ1n) is 7.29. The van der Waals surface area contributed by atoms with Crippen LogP contribution in [0.5, 0.6) is 11.5 Å². The maximum absolute atomic E-state index is 9.57. The third-order valence-corrected chi connectivity index (χ3v) is 3.65. The molecule has 4 heteroatoms. The van der Waals surface area contributed by atoms with Crippen molar-refractivity contribution >= 4 is 0 Å². The molecule has 0 bridgehead atoms. The fraction of sp³-hybridized carbons (Fsp3) is 0.625. The summed E-state index contributed by atoms with van der Waals surface area (Å²) in [5.41, 5.74) is 0.990. The normalized spacial score (nSPS) is 21.5. The van der Waals surface area contributed by atoms with Crippen LogP contribution in [0.1, 0.15) is 25.3 Å². The quantitative estimate of drug-likeness (QED) is 0.896. The molecule has 0 amide bonds. The van der Waals surface area contributed by atoms with E-state index in [0.29, 0.717) is 6.42 Å². The van der Waals surface area contributed by atoms with Crippen LogP contribution in [0.2, 0.25) is 0 Å². The number of likely N-dealkylation sites (tertiary alicyclic amines) is 1. The molecule has 1 heterocycles. The number of hydrogen-bond acceptors (Lipinski definition) is 4. The number of piperidine rings is 1. The Kier molecular flexibility index (Phi) is 5.26. The summed E-state index contributed by atoms with van der Waals surface area (Å²) >= 11 is 0. The van der Waals surface area contributed by atoms with Gasteiger partial charge in [0.15, 0.2) is 11.5 Å². The Morgan fingerprint density at radius 3 is 2.90 bits per heavy atom. The number of aliphatic hydroxyl groups excluding tert-OH is 1. The minimum absolute atomic E-state index is 0.212. The molecule has 1 aliphatic heterocycles. The molecule has 112 valence electrons. The summed E-state index contributed by atoms with van der Waals surface area (Å²) in [6.45, 7) is 3.87. The highest BCUT2D eigenvalue weighted by Gasteiger charge is 2.21. The van der Waals surface area contributed by atoms with E-state index in [4.69, 9.17) is 9.47 Å². The van der Waals surface area contributed by atoms with E-state index in [-0.39, 0.29) is 12.2 Å². The molecule has 1 aliphatic rings. The summed E-state index contributed by atoms with van der Waals surface area (Å²) in [5, 5.41) is 9.57. The van der Waals surface area contributed by atoms with Gasteiger partial charge in [0, 0.05) is 18.5 Å². The van der Waals surface area contributed by atoms with Crippen LogP contribution in [0.4, 0.5) is 0 Å². The first kappa shape index (κ1) is 15.1. The second-order valence-electron chi connectivity index (χ2n) is 5.65. The first-order valence-corrected chi connectivity index (χ1v) is 7.29. The molecule has 20 heavy (non-hydrogen) atoms. The zero-order valence-corrected chi connectivity index (χ0v) is 12.6. The minimum atomic E-state index is -0.389. The number of aliphatic hydroxyl groups is 1. The molecule has 4 nitrogen and oxygen atoms in total. The molecule has 2 atom stereocenters. The minimum Gasteiger partial charge on any atom is -0.493 e. The number of rotatable bonds is 5. The lowest BCUT2D eigenvalue weighted by molar-refractivity contribution is 0.101. The Hall–Kier alpha value is -1.26. The van der Waals surface area contributed by atoms with Crippen molar-refractivity contribution < 1.29 is 14.6 Å². The fourth-order valence-electron chi connectivity index (χ4n) is 2.76. The van der Waals surface area contributed by atoms with E-state index in [1.54, 1.807) is 14.0 Å². The number of benzene rings is 1. The van der Waals surface area contributed by atoms with Gasteiger partial charge in [-0.25, -0.2) is 0 Å². The third kappa shape index (κ3) is 3.87. The molecule has 0 aromatic heterocycles. The Morgan fingerprint density at radius 2 is 2.25 bits per heavy atom.